The van der Waals surface area contributed by atoms with Gasteiger partial charge in [-0.25, -0.2) is 9.67 Å². The van der Waals surface area contributed by atoms with Crippen molar-refractivity contribution in [3.8, 4) is 5.69 Å². The Labute approximate surface area is 114 Å². The van der Waals surface area contributed by atoms with Crippen LogP contribution in [-0.2, 0) is 0 Å². The summed E-state index contributed by atoms with van der Waals surface area (Å²) in [5, 5.41) is 7.67. The molecule has 0 spiro atoms. The van der Waals surface area contributed by atoms with Crippen LogP contribution in [0.1, 0.15) is 39.0 Å². The van der Waals surface area contributed by atoms with E-state index in [9.17, 15) is 0 Å². The molecule has 0 atom stereocenters. The monoisotopic (exact) mass is 258 g/mol. The Balaban J connectivity index is 1.87. The van der Waals surface area contributed by atoms with E-state index in [2.05, 4.69) is 28.4 Å². The Hall–Kier alpha value is -1.84. The highest BCUT2D eigenvalue weighted by molar-refractivity contribution is 5.60. The van der Waals surface area contributed by atoms with Crippen LogP contribution in [0, 0.1) is 0 Å². The number of benzene rings is 1. The molecule has 0 aliphatic rings. The molecule has 2 aromatic rings. The fraction of sp³-hybridized carbons (Fsp3) is 0.467. The molecule has 0 saturated carbocycles. The summed E-state index contributed by atoms with van der Waals surface area (Å²) in [6, 6.07) is 8.19. The molecule has 19 heavy (non-hydrogen) atoms. The van der Waals surface area contributed by atoms with Crippen LogP contribution in [-0.4, -0.2) is 21.3 Å². The molecule has 4 nitrogen and oxygen atoms in total. The molecule has 0 aliphatic heterocycles. The van der Waals surface area contributed by atoms with Crippen LogP contribution in [0.5, 0.6) is 0 Å². The third kappa shape index (κ3) is 4.09. The molecular formula is C15H22N4. The molecule has 0 aliphatic carbocycles. The van der Waals surface area contributed by atoms with Crippen molar-refractivity contribution < 1.29 is 0 Å². The largest absolute Gasteiger partial charge is 0.383 e. The first kappa shape index (κ1) is 13.6. The van der Waals surface area contributed by atoms with E-state index in [-0.39, 0.29) is 0 Å². The van der Waals surface area contributed by atoms with Crippen LogP contribution in [0.2, 0.25) is 0 Å². The Kier molecular flexibility index (Phi) is 5.41. The molecule has 1 aromatic heterocycles. The molecule has 0 fully saturated rings. The van der Waals surface area contributed by atoms with Gasteiger partial charge in [0.1, 0.15) is 12.7 Å². The molecule has 0 bridgehead atoms. The number of aromatic nitrogens is 3. The van der Waals surface area contributed by atoms with Gasteiger partial charge < -0.3 is 5.32 Å². The van der Waals surface area contributed by atoms with E-state index in [1.54, 1.807) is 17.3 Å². The van der Waals surface area contributed by atoms with Crippen molar-refractivity contribution in [2.75, 3.05) is 11.9 Å². The highest BCUT2D eigenvalue weighted by Gasteiger charge is 2.03. The minimum atomic E-state index is 1.01. The number of anilines is 1. The number of para-hydroxylation sites is 2. The molecule has 4 heteroatoms. The normalized spacial score (nSPS) is 10.6. The predicted molar refractivity (Wildman–Crippen MR) is 78.6 cm³/mol. The zero-order chi connectivity index (χ0) is 13.3. The Morgan fingerprint density at radius 1 is 1.11 bits per heavy atom. The van der Waals surface area contributed by atoms with Crippen molar-refractivity contribution >= 4 is 5.69 Å². The van der Waals surface area contributed by atoms with Gasteiger partial charge in [0.05, 0.1) is 11.4 Å². The van der Waals surface area contributed by atoms with Gasteiger partial charge in [-0.3, -0.25) is 0 Å². The number of hydrogen-bond donors (Lipinski definition) is 1. The average Bonchev–Trinajstić information content (AvgIpc) is 2.97. The summed E-state index contributed by atoms with van der Waals surface area (Å²) in [7, 11) is 0. The summed E-state index contributed by atoms with van der Waals surface area (Å²) >= 11 is 0. The fourth-order valence-electron chi connectivity index (χ4n) is 2.11. The van der Waals surface area contributed by atoms with E-state index in [1.165, 1.54) is 32.1 Å². The number of hydrogen-bond acceptors (Lipinski definition) is 3. The van der Waals surface area contributed by atoms with Crippen molar-refractivity contribution in [3.05, 3.63) is 36.9 Å². The third-order valence-corrected chi connectivity index (χ3v) is 3.17. The van der Waals surface area contributed by atoms with E-state index in [0.717, 1.165) is 17.9 Å². The quantitative estimate of drug-likeness (QED) is 0.735. The molecule has 1 heterocycles. The van der Waals surface area contributed by atoms with Crippen LogP contribution < -0.4 is 5.32 Å². The van der Waals surface area contributed by atoms with E-state index >= 15 is 0 Å². The van der Waals surface area contributed by atoms with Crippen molar-refractivity contribution in [3.63, 3.8) is 0 Å². The van der Waals surface area contributed by atoms with Gasteiger partial charge in [-0.1, -0.05) is 44.7 Å². The highest BCUT2D eigenvalue weighted by atomic mass is 15.3. The molecular weight excluding hydrogens is 236 g/mol. The maximum atomic E-state index is 4.18. The maximum Gasteiger partial charge on any atom is 0.138 e. The number of nitrogens with one attached hydrogen (secondary N) is 1. The van der Waals surface area contributed by atoms with Gasteiger partial charge in [0.2, 0.25) is 0 Å². The van der Waals surface area contributed by atoms with Gasteiger partial charge in [0.15, 0.2) is 0 Å². The maximum absolute atomic E-state index is 4.18. The number of rotatable bonds is 8. The first-order valence-electron chi connectivity index (χ1n) is 7.09. The summed E-state index contributed by atoms with van der Waals surface area (Å²) in [6.45, 7) is 3.25. The van der Waals surface area contributed by atoms with Gasteiger partial charge in [0.25, 0.3) is 0 Å². The zero-order valence-electron chi connectivity index (χ0n) is 11.5. The minimum Gasteiger partial charge on any atom is -0.383 e. The lowest BCUT2D eigenvalue weighted by atomic mass is 10.1. The summed E-state index contributed by atoms with van der Waals surface area (Å²) in [5.74, 6) is 0. The predicted octanol–water partition coefficient (Wildman–Crippen LogP) is 3.65. The molecule has 102 valence electrons. The van der Waals surface area contributed by atoms with Gasteiger partial charge >= 0.3 is 0 Å². The molecule has 0 radical (unpaired) electrons. The standard InChI is InChI=1S/C15H22N4/c1-2-3-4-5-8-11-17-14-9-6-7-10-15(14)19-13-16-12-18-19/h6-7,9-10,12-13,17H,2-5,8,11H2,1H3. The van der Waals surface area contributed by atoms with Gasteiger partial charge in [-0.15, -0.1) is 0 Å². The second-order valence-electron chi connectivity index (χ2n) is 4.70. The summed E-state index contributed by atoms with van der Waals surface area (Å²) < 4.78 is 1.79. The molecule has 1 aromatic carbocycles. The second-order valence-corrected chi connectivity index (χ2v) is 4.70. The van der Waals surface area contributed by atoms with E-state index in [4.69, 9.17) is 0 Å². The minimum absolute atomic E-state index is 1.01. The van der Waals surface area contributed by atoms with E-state index in [0.29, 0.717) is 0 Å². The molecule has 0 unspecified atom stereocenters. The van der Waals surface area contributed by atoms with Gasteiger partial charge in [0, 0.05) is 6.54 Å². The molecule has 1 N–H and O–H groups in total. The van der Waals surface area contributed by atoms with E-state index < -0.39 is 0 Å². The Bertz CT molecular complexity index is 465. The lowest BCUT2D eigenvalue weighted by Crippen LogP contribution is -2.06. The van der Waals surface area contributed by atoms with Crippen molar-refractivity contribution in [2.24, 2.45) is 0 Å². The smallest absolute Gasteiger partial charge is 0.138 e. The van der Waals surface area contributed by atoms with Crippen LogP contribution in [0.15, 0.2) is 36.9 Å². The van der Waals surface area contributed by atoms with Crippen molar-refractivity contribution in [1.82, 2.24) is 14.8 Å². The summed E-state index contributed by atoms with van der Waals surface area (Å²) in [4.78, 5) is 3.99. The first-order chi connectivity index (χ1) is 9.42. The SMILES string of the molecule is CCCCCCCNc1ccccc1-n1cncn1. The first-order valence-corrected chi connectivity index (χ1v) is 7.09. The Morgan fingerprint density at radius 2 is 1.95 bits per heavy atom. The van der Waals surface area contributed by atoms with Crippen LogP contribution in [0.4, 0.5) is 5.69 Å². The summed E-state index contributed by atoms with van der Waals surface area (Å²) in [6.07, 6.45) is 9.77. The zero-order valence-corrected chi connectivity index (χ0v) is 11.5. The van der Waals surface area contributed by atoms with Gasteiger partial charge in [-0.2, -0.15) is 5.10 Å². The lowest BCUT2D eigenvalue weighted by molar-refractivity contribution is 0.645. The van der Waals surface area contributed by atoms with Crippen molar-refractivity contribution in [1.29, 1.82) is 0 Å². The van der Waals surface area contributed by atoms with Crippen molar-refractivity contribution in [2.45, 2.75) is 39.0 Å². The van der Waals surface area contributed by atoms with Crippen LogP contribution in [0.3, 0.4) is 0 Å². The topological polar surface area (TPSA) is 42.7 Å². The average molecular weight is 258 g/mol. The number of unbranched alkanes of at least 4 members (excludes halogenated alkanes) is 4. The summed E-state index contributed by atoms with van der Waals surface area (Å²) in [5.41, 5.74) is 2.16. The molecule has 2 rings (SSSR count). The molecule has 0 amide bonds. The fourth-order valence-corrected chi connectivity index (χ4v) is 2.11. The van der Waals surface area contributed by atoms with Gasteiger partial charge in [-0.05, 0) is 18.6 Å². The van der Waals surface area contributed by atoms with E-state index in [1.807, 2.05) is 18.2 Å². The second kappa shape index (κ2) is 7.56. The van der Waals surface area contributed by atoms with Crippen LogP contribution >= 0.6 is 0 Å². The Morgan fingerprint density at radius 3 is 2.74 bits per heavy atom. The highest BCUT2D eigenvalue weighted by Crippen LogP contribution is 2.18. The van der Waals surface area contributed by atoms with Crippen LogP contribution in [0.25, 0.3) is 5.69 Å². The number of nitrogens with zero attached hydrogens (tertiary/aromatic N) is 3. The lowest BCUT2D eigenvalue weighted by Gasteiger charge is -2.11. The molecule has 0 saturated heterocycles. The third-order valence-electron chi connectivity index (χ3n) is 3.17.